The lowest BCUT2D eigenvalue weighted by Crippen LogP contribution is -2.28. The average molecular weight is 349 g/mol. The first-order valence-electron chi connectivity index (χ1n) is 9.07. The van der Waals surface area contributed by atoms with Gasteiger partial charge in [-0.2, -0.15) is 0 Å². The molecule has 5 nitrogen and oxygen atoms in total. The molecular weight excluding hydrogens is 318 g/mol. The number of aryl methyl sites for hydroxylation is 2. The molecular formula is C20H31NO4. The fraction of sp³-hybridized carbons (Fsp3) is 0.600. The van der Waals surface area contributed by atoms with Crippen molar-refractivity contribution in [1.29, 1.82) is 0 Å². The van der Waals surface area contributed by atoms with Crippen LogP contribution in [0.4, 0.5) is 5.69 Å². The highest BCUT2D eigenvalue weighted by molar-refractivity contribution is 5.94. The van der Waals surface area contributed by atoms with Crippen LogP contribution in [0.5, 0.6) is 0 Å². The van der Waals surface area contributed by atoms with Crippen molar-refractivity contribution in [3.63, 3.8) is 0 Å². The van der Waals surface area contributed by atoms with Crippen LogP contribution < -0.4 is 5.32 Å². The molecule has 0 spiro atoms. The minimum absolute atomic E-state index is 0.308. The van der Waals surface area contributed by atoms with Crippen molar-refractivity contribution in [1.82, 2.24) is 0 Å². The molecule has 5 heteroatoms. The van der Waals surface area contributed by atoms with Gasteiger partial charge in [0.15, 0.2) is 12.7 Å². The summed E-state index contributed by atoms with van der Waals surface area (Å²) in [5.41, 5.74) is 2.98. The molecule has 1 rings (SSSR count). The Morgan fingerprint density at radius 3 is 2.20 bits per heavy atom. The van der Waals surface area contributed by atoms with Crippen molar-refractivity contribution < 1.29 is 19.1 Å². The zero-order valence-electron chi connectivity index (χ0n) is 16.1. The number of nitrogens with one attached hydrogen (secondary N) is 1. The number of carbonyl (C=O) groups is 2. The number of anilines is 1. The molecule has 0 aliphatic carbocycles. The molecule has 1 N–H and O–H groups in total. The van der Waals surface area contributed by atoms with Gasteiger partial charge >= 0.3 is 5.97 Å². The van der Waals surface area contributed by atoms with E-state index in [1.54, 1.807) is 6.92 Å². The molecule has 0 heterocycles. The largest absolute Gasteiger partial charge is 0.454 e. The number of hydrogen-bond donors (Lipinski definition) is 1. The van der Waals surface area contributed by atoms with E-state index >= 15 is 0 Å². The first kappa shape index (κ1) is 21.2. The van der Waals surface area contributed by atoms with E-state index in [0.29, 0.717) is 12.5 Å². The molecule has 0 aliphatic heterocycles. The van der Waals surface area contributed by atoms with Gasteiger partial charge in [-0.1, -0.05) is 45.9 Å². The zero-order chi connectivity index (χ0) is 18.8. The molecule has 25 heavy (non-hydrogen) atoms. The van der Waals surface area contributed by atoms with Gasteiger partial charge < -0.3 is 14.8 Å². The van der Waals surface area contributed by atoms with Gasteiger partial charge in [0.25, 0.3) is 5.91 Å². The maximum atomic E-state index is 12.2. The van der Waals surface area contributed by atoms with Crippen molar-refractivity contribution in [2.24, 2.45) is 5.92 Å². The topological polar surface area (TPSA) is 64.6 Å². The van der Waals surface area contributed by atoms with Gasteiger partial charge in [0.05, 0.1) is 0 Å². The van der Waals surface area contributed by atoms with Crippen LogP contribution in [0.3, 0.4) is 0 Å². The Morgan fingerprint density at radius 2 is 1.68 bits per heavy atom. The summed E-state index contributed by atoms with van der Waals surface area (Å²) in [7, 11) is 0. The summed E-state index contributed by atoms with van der Waals surface area (Å²) in [5.74, 6) is -0.336. The average Bonchev–Trinajstić information content (AvgIpc) is 2.59. The summed E-state index contributed by atoms with van der Waals surface area (Å²) in [6, 6.07) is 5.97. The van der Waals surface area contributed by atoms with E-state index in [1.165, 1.54) is 0 Å². The molecule has 140 valence electrons. The Bertz CT molecular complexity index is 547. The SMILES string of the molecule is CCc1cccc(CC)c1NC(=O)COC(=O)C(C)OCCC(C)C. The van der Waals surface area contributed by atoms with Gasteiger partial charge in [0.2, 0.25) is 0 Å². The smallest absolute Gasteiger partial charge is 0.335 e. The predicted molar refractivity (Wildman–Crippen MR) is 99.7 cm³/mol. The number of amides is 1. The highest BCUT2D eigenvalue weighted by Crippen LogP contribution is 2.22. The highest BCUT2D eigenvalue weighted by atomic mass is 16.6. The third-order valence-corrected chi connectivity index (χ3v) is 4.00. The molecule has 0 fully saturated rings. The summed E-state index contributed by atoms with van der Waals surface area (Å²) in [6.07, 6.45) is 1.86. The lowest BCUT2D eigenvalue weighted by Gasteiger charge is -2.16. The first-order chi connectivity index (χ1) is 11.9. The summed E-state index contributed by atoms with van der Waals surface area (Å²) >= 11 is 0. The van der Waals surface area contributed by atoms with Crippen molar-refractivity contribution in [2.75, 3.05) is 18.5 Å². The normalized spacial score (nSPS) is 12.1. The number of hydrogen-bond acceptors (Lipinski definition) is 4. The van der Waals surface area contributed by atoms with Crippen molar-refractivity contribution in [2.45, 2.75) is 60.0 Å². The standard InChI is InChI=1S/C20H31NO4/c1-6-16-9-8-10-17(7-2)19(16)21-18(22)13-25-20(23)15(5)24-12-11-14(3)4/h8-10,14-15H,6-7,11-13H2,1-5H3,(H,21,22). The van der Waals surface area contributed by atoms with E-state index in [0.717, 1.165) is 36.1 Å². The summed E-state index contributed by atoms with van der Waals surface area (Å²) < 4.78 is 10.5. The number of esters is 1. The Morgan fingerprint density at radius 1 is 1.08 bits per heavy atom. The number of ether oxygens (including phenoxy) is 2. The maximum Gasteiger partial charge on any atom is 0.335 e. The molecule has 1 atom stereocenters. The number of para-hydroxylation sites is 1. The van der Waals surface area contributed by atoms with Gasteiger partial charge in [0.1, 0.15) is 0 Å². The Labute approximate surface area is 151 Å². The van der Waals surface area contributed by atoms with E-state index in [-0.39, 0.29) is 12.5 Å². The van der Waals surface area contributed by atoms with Gasteiger partial charge in [0, 0.05) is 12.3 Å². The molecule has 0 radical (unpaired) electrons. The summed E-state index contributed by atoms with van der Waals surface area (Å²) in [4.78, 5) is 24.0. The first-order valence-corrected chi connectivity index (χ1v) is 9.07. The fourth-order valence-corrected chi connectivity index (χ4v) is 2.38. The van der Waals surface area contributed by atoms with Gasteiger partial charge in [-0.3, -0.25) is 4.79 Å². The second kappa shape index (κ2) is 10.9. The van der Waals surface area contributed by atoms with Crippen molar-refractivity contribution >= 4 is 17.6 Å². The molecule has 0 bridgehead atoms. The number of carbonyl (C=O) groups excluding carboxylic acids is 2. The second-order valence-electron chi connectivity index (χ2n) is 6.51. The predicted octanol–water partition coefficient (Wildman–Crippen LogP) is 3.74. The molecule has 0 saturated carbocycles. The van der Waals surface area contributed by atoms with Gasteiger partial charge in [-0.15, -0.1) is 0 Å². The molecule has 0 saturated heterocycles. The molecule has 1 aromatic rings. The summed E-state index contributed by atoms with van der Waals surface area (Å²) in [5, 5.41) is 2.88. The molecule has 0 aliphatic rings. The van der Waals surface area contributed by atoms with Gasteiger partial charge in [-0.25, -0.2) is 4.79 Å². The van der Waals surface area contributed by atoms with Crippen LogP contribution in [0.15, 0.2) is 18.2 Å². The van der Waals surface area contributed by atoms with Crippen LogP contribution >= 0.6 is 0 Å². The lowest BCUT2D eigenvalue weighted by atomic mass is 10.0. The van der Waals surface area contributed by atoms with Crippen LogP contribution in [0.1, 0.15) is 52.2 Å². The minimum Gasteiger partial charge on any atom is -0.454 e. The van der Waals surface area contributed by atoms with E-state index in [9.17, 15) is 9.59 Å². The van der Waals surface area contributed by atoms with Crippen LogP contribution in [-0.2, 0) is 31.9 Å². The van der Waals surface area contributed by atoms with E-state index in [2.05, 4.69) is 19.2 Å². The summed E-state index contributed by atoms with van der Waals surface area (Å²) in [6.45, 7) is 10.1. The minimum atomic E-state index is -0.666. The molecule has 1 unspecified atom stereocenters. The molecule has 1 aromatic carbocycles. The molecule has 0 aromatic heterocycles. The third-order valence-electron chi connectivity index (χ3n) is 4.00. The number of benzene rings is 1. The Balaban J connectivity index is 2.51. The third kappa shape index (κ3) is 7.26. The monoisotopic (exact) mass is 349 g/mol. The maximum absolute atomic E-state index is 12.2. The van der Waals surface area contributed by atoms with Crippen LogP contribution in [-0.4, -0.2) is 31.2 Å². The van der Waals surface area contributed by atoms with E-state index in [4.69, 9.17) is 9.47 Å². The highest BCUT2D eigenvalue weighted by Gasteiger charge is 2.17. The van der Waals surface area contributed by atoms with Crippen molar-refractivity contribution in [3.8, 4) is 0 Å². The number of rotatable bonds is 10. The van der Waals surface area contributed by atoms with Crippen LogP contribution in [0.25, 0.3) is 0 Å². The van der Waals surface area contributed by atoms with Crippen molar-refractivity contribution in [3.05, 3.63) is 29.3 Å². The van der Waals surface area contributed by atoms with E-state index < -0.39 is 12.1 Å². The quantitative estimate of drug-likeness (QED) is 0.654. The lowest BCUT2D eigenvalue weighted by molar-refractivity contribution is -0.158. The van der Waals surface area contributed by atoms with Crippen LogP contribution in [0.2, 0.25) is 0 Å². The van der Waals surface area contributed by atoms with Gasteiger partial charge in [-0.05, 0) is 43.2 Å². The second-order valence-corrected chi connectivity index (χ2v) is 6.51. The fourth-order valence-electron chi connectivity index (χ4n) is 2.38. The zero-order valence-corrected chi connectivity index (χ0v) is 16.1. The molecule has 1 amide bonds. The Hall–Kier alpha value is -1.88. The van der Waals surface area contributed by atoms with Crippen LogP contribution in [0, 0.1) is 5.92 Å². The van der Waals surface area contributed by atoms with E-state index in [1.807, 2.05) is 32.0 Å². The Kier molecular flexibility index (Phi) is 9.21.